The standard InChI is InChI=1S/C47H86NO11P/c1-3-5-7-8-9-10-11-12-13-14-15-16-17-18-19-20-21-22-28-32-47(53)59-41(39-58-60(54,55)57-36-35-48)38-56-46(52)31-27-24-23-26-30-42-43(45(51)37-44(42)50)34-33-40(49)29-25-6-4-2/h23,26,33-34,40-44,49-50H,3-22,24-25,27-32,35-39,48H2,1-2H3,(H,54,55)/b26-23-,34-33+/t40-,41+,42+,43+,44-/m0/s1. The van der Waals surface area contributed by atoms with Crippen molar-refractivity contribution in [2.24, 2.45) is 17.6 Å². The highest BCUT2D eigenvalue weighted by molar-refractivity contribution is 7.47. The Morgan fingerprint density at radius 2 is 1.28 bits per heavy atom. The van der Waals surface area contributed by atoms with Crippen LogP contribution in [0.2, 0.25) is 0 Å². The molecule has 0 aliphatic heterocycles. The number of ketones is 1. The van der Waals surface area contributed by atoms with Gasteiger partial charge in [-0.1, -0.05) is 173 Å². The highest BCUT2D eigenvalue weighted by atomic mass is 31.2. The number of hydrogen-bond acceptors (Lipinski definition) is 11. The number of esters is 2. The van der Waals surface area contributed by atoms with Crippen LogP contribution in [-0.4, -0.2) is 77.5 Å². The molecule has 1 aliphatic carbocycles. The maximum Gasteiger partial charge on any atom is 0.472 e. The van der Waals surface area contributed by atoms with Crippen LogP contribution in [0, 0.1) is 11.8 Å². The van der Waals surface area contributed by atoms with E-state index >= 15 is 0 Å². The van der Waals surface area contributed by atoms with Crippen LogP contribution in [0.25, 0.3) is 0 Å². The number of hydrogen-bond donors (Lipinski definition) is 4. The SMILES string of the molecule is CCCCCCCCCCCCCCCCCCCCCC(=O)O[C@H](COC(=O)CCC/C=C\C[C@H]1[C@@H](O)CC(=O)[C@@H]1/C=C/[C@@H](O)CCCCC)COP(=O)(O)OCCN. The fourth-order valence-electron chi connectivity index (χ4n) is 7.56. The molecule has 0 heterocycles. The van der Waals surface area contributed by atoms with Crippen LogP contribution >= 0.6 is 7.82 Å². The Morgan fingerprint density at radius 1 is 0.750 bits per heavy atom. The smallest absolute Gasteiger partial charge is 0.462 e. The average molecular weight is 872 g/mol. The van der Waals surface area contributed by atoms with Crippen molar-refractivity contribution in [1.29, 1.82) is 0 Å². The number of phosphoric acid groups is 1. The first-order valence-electron chi connectivity index (χ1n) is 23.9. The summed E-state index contributed by atoms with van der Waals surface area (Å²) in [5, 5.41) is 20.7. The zero-order valence-electron chi connectivity index (χ0n) is 37.7. The number of unbranched alkanes of at least 4 members (excludes halogenated alkanes) is 21. The number of Topliss-reactive ketones (excluding diaryl/α,β-unsaturated/α-hetero) is 1. The van der Waals surface area contributed by atoms with E-state index in [4.69, 9.17) is 24.3 Å². The maximum atomic E-state index is 12.7. The van der Waals surface area contributed by atoms with Gasteiger partial charge in [-0.05, 0) is 32.1 Å². The highest BCUT2D eigenvalue weighted by Crippen LogP contribution is 2.43. The second-order valence-electron chi connectivity index (χ2n) is 16.8. The molecule has 1 aliphatic rings. The van der Waals surface area contributed by atoms with Crippen LogP contribution in [-0.2, 0) is 37.5 Å². The van der Waals surface area contributed by atoms with Crippen molar-refractivity contribution in [3.05, 3.63) is 24.3 Å². The Kier molecular flexibility index (Phi) is 35.2. The van der Waals surface area contributed by atoms with Gasteiger partial charge in [0.05, 0.1) is 25.4 Å². The first kappa shape index (κ1) is 56.1. The lowest BCUT2D eigenvalue weighted by Crippen LogP contribution is -2.29. The molecular formula is C47H86NO11P. The molecule has 6 atom stereocenters. The second-order valence-corrected chi connectivity index (χ2v) is 18.2. The van der Waals surface area contributed by atoms with Gasteiger partial charge in [0.1, 0.15) is 12.4 Å². The number of carbonyl (C=O) groups excluding carboxylic acids is 3. The Morgan fingerprint density at radius 3 is 1.85 bits per heavy atom. The van der Waals surface area contributed by atoms with E-state index in [1.165, 1.54) is 96.3 Å². The third-order valence-electron chi connectivity index (χ3n) is 11.2. The van der Waals surface area contributed by atoms with Crippen molar-refractivity contribution in [2.45, 2.75) is 218 Å². The van der Waals surface area contributed by atoms with E-state index in [1.807, 2.05) is 12.2 Å². The van der Waals surface area contributed by atoms with E-state index in [1.54, 1.807) is 12.2 Å². The molecule has 1 rings (SSSR count). The maximum absolute atomic E-state index is 12.7. The number of allylic oxidation sites excluding steroid dienone is 3. The van der Waals surface area contributed by atoms with E-state index in [0.717, 1.165) is 38.5 Å². The molecule has 5 N–H and O–H groups in total. The number of rotatable bonds is 41. The second kappa shape index (κ2) is 37.6. The zero-order chi connectivity index (χ0) is 44.1. The van der Waals surface area contributed by atoms with Gasteiger partial charge in [-0.2, -0.15) is 0 Å². The first-order valence-corrected chi connectivity index (χ1v) is 25.4. The van der Waals surface area contributed by atoms with Gasteiger partial charge >= 0.3 is 19.8 Å². The summed E-state index contributed by atoms with van der Waals surface area (Å²) >= 11 is 0. The van der Waals surface area contributed by atoms with Gasteiger partial charge in [-0.15, -0.1) is 0 Å². The van der Waals surface area contributed by atoms with Gasteiger partial charge in [0.15, 0.2) is 6.10 Å². The molecule has 0 bridgehead atoms. The molecule has 0 saturated heterocycles. The van der Waals surface area contributed by atoms with Crippen LogP contribution in [0.5, 0.6) is 0 Å². The lowest BCUT2D eigenvalue weighted by atomic mass is 9.90. The molecule has 0 aromatic heterocycles. The minimum Gasteiger partial charge on any atom is -0.462 e. The molecular weight excluding hydrogens is 785 g/mol. The van der Waals surface area contributed by atoms with E-state index in [-0.39, 0.29) is 50.7 Å². The Balaban J connectivity index is 2.33. The van der Waals surface area contributed by atoms with Gasteiger partial charge in [0.2, 0.25) is 0 Å². The summed E-state index contributed by atoms with van der Waals surface area (Å²) in [6.07, 6.45) is 34.3. The van der Waals surface area contributed by atoms with Gasteiger partial charge in [-0.25, -0.2) is 4.57 Å². The van der Waals surface area contributed by atoms with Crippen molar-refractivity contribution in [3.63, 3.8) is 0 Å². The molecule has 350 valence electrons. The van der Waals surface area contributed by atoms with Crippen LogP contribution in [0.4, 0.5) is 0 Å². The number of aliphatic hydroxyl groups is 2. The number of phosphoric ester groups is 1. The van der Waals surface area contributed by atoms with E-state index in [2.05, 4.69) is 13.8 Å². The highest BCUT2D eigenvalue weighted by Gasteiger charge is 2.39. The molecule has 1 unspecified atom stereocenters. The van der Waals surface area contributed by atoms with Gasteiger partial charge < -0.3 is 30.3 Å². The topological polar surface area (TPSA) is 192 Å². The Hall–Kier alpha value is -1.92. The summed E-state index contributed by atoms with van der Waals surface area (Å²) in [6.45, 7) is 3.35. The number of ether oxygens (including phenoxy) is 2. The summed E-state index contributed by atoms with van der Waals surface area (Å²) in [6, 6.07) is 0. The Labute approximate surface area is 363 Å². The normalized spacial score (nSPS) is 19.0. The van der Waals surface area contributed by atoms with Crippen LogP contribution in [0.3, 0.4) is 0 Å². The average Bonchev–Trinajstić information content (AvgIpc) is 3.49. The molecule has 0 aromatic carbocycles. The third-order valence-corrected chi connectivity index (χ3v) is 12.2. The predicted molar refractivity (Wildman–Crippen MR) is 239 cm³/mol. The first-order chi connectivity index (χ1) is 29.0. The molecule has 60 heavy (non-hydrogen) atoms. The quantitative estimate of drug-likeness (QED) is 0.0197. The minimum atomic E-state index is -4.44. The minimum absolute atomic E-state index is 0.0168. The zero-order valence-corrected chi connectivity index (χ0v) is 38.6. The van der Waals surface area contributed by atoms with Gasteiger partial charge in [-0.3, -0.25) is 23.4 Å². The molecule has 0 amide bonds. The van der Waals surface area contributed by atoms with Crippen molar-refractivity contribution in [3.8, 4) is 0 Å². The predicted octanol–water partition coefficient (Wildman–Crippen LogP) is 10.5. The lowest BCUT2D eigenvalue weighted by molar-refractivity contribution is -0.161. The monoisotopic (exact) mass is 872 g/mol. The van der Waals surface area contributed by atoms with Crippen molar-refractivity contribution < 1.29 is 52.6 Å². The molecule has 0 aromatic rings. The number of carbonyl (C=O) groups is 3. The van der Waals surface area contributed by atoms with E-state index in [0.29, 0.717) is 32.1 Å². The molecule has 13 heteroatoms. The van der Waals surface area contributed by atoms with Gasteiger partial charge in [0, 0.05) is 37.6 Å². The van der Waals surface area contributed by atoms with Crippen molar-refractivity contribution in [2.75, 3.05) is 26.4 Å². The van der Waals surface area contributed by atoms with Gasteiger partial charge in [0.25, 0.3) is 0 Å². The largest absolute Gasteiger partial charge is 0.472 e. The molecule has 1 fully saturated rings. The number of aliphatic hydroxyl groups excluding tert-OH is 2. The van der Waals surface area contributed by atoms with Crippen LogP contribution in [0.1, 0.15) is 200 Å². The van der Waals surface area contributed by atoms with E-state index in [9.17, 15) is 34.1 Å². The molecule has 0 radical (unpaired) electrons. The summed E-state index contributed by atoms with van der Waals surface area (Å²) in [7, 11) is -4.44. The molecule has 1 saturated carbocycles. The molecule has 0 spiro atoms. The van der Waals surface area contributed by atoms with Crippen LogP contribution < -0.4 is 5.73 Å². The third kappa shape index (κ3) is 31.0. The van der Waals surface area contributed by atoms with Crippen molar-refractivity contribution >= 4 is 25.5 Å². The van der Waals surface area contributed by atoms with Crippen LogP contribution in [0.15, 0.2) is 24.3 Å². The fraction of sp³-hybridized carbons (Fsp3) is 0.851. The summed E-state index contributed by atoms with van der Waals surface area (Å²) in [5.74, 6) is -1.75. The summed E-state index contributed by atoms with van der Waals surface area (Å²) in [4.78, 5) is 47.6. The van der Waals surface area contributed by atoms with Crippen molar-refractivity contribution in [1.82, 2.24) is 0 Å². The lowest BCUT2D eigenvalue weighted by Gasteiger charge is -2.19. The number of nitrogens with two attached hydrogens (primary N) is 1. The Bertz CT molecular complexity index is 1200. The molecule has 12 nitrogen and oxygen atoms in total. The van der Waals surface area contributed by atoms with E-state index < -0.39 is 50.6 Å². The summed E-state index contributed by atoms with van der Waals surface area (Å²) < 4.78 is 32.8. The fourth-order valence-corrected chi connectivity index (χ4v) is 8.32. The summed E-state index contributed by atoms with van der Waals surface area (Å²) in [5.41, 5.74) is 5.35.